The van der Waals surface area contributed by atoms with Gasteiger partial charge in [-0.3, -0.25) is 4.79 Å². The molecule has 1 heterocycles. The maximum Gasteiger partial charge on any atom is 0.259 e. The molecule has 0 unspecified atom stereocenters. The average Bonchev–Trinajstić information content (AvgIpc) is 2.85. The number of nitrogens with one attached hydrogen (secondary N) is 1. The van der Waals surface area contributed by atoms with Crippen LogP contribution in [-0.4, -0.2) is 28.8 Å². The van der Waals surface area contributed by atoms with Crippen LogP contribution in [0.1, 0.15) is 28.5 Å². The van der Waals surface area contributed by atoms with E-state index in [9.17, 15) is 9.18 Å². The summed E-state index contributed by atoms with van der Waals surface area (Å²) in [5.74, 6) is -0.377. The highest BCUT2D eigenvalue weighted by Gasteiger charge is 2.22. The van der Waals surface area contributed by atoms with Crippen LogP contribution in [0.25, 0.3) is 0 Å². The van der Waals surface area contributed by atoms with Crippen LogP contribution in [0.5, 0.6) is 0 Å². The van der Waals surface area contributed by atoms with Crippen molar-refractivity contribution in [1.82, 2.24) is 9.27 Å². The number of halogens is 1. The quantitative estimate of drug-likeness (QED) is 0.922. The highest BCUT2D eigenvalue weighted by Crippen LogP contribution is 2.26. The molecule has 0 atom stereocenters. The summed E-state index contributed by atoms with van der Waals surface area (Å²) in [6.45, 7) is 4.66. The first-order valence-electron chi connectivity index (χ1n) is 6.74. The summed E-state index contributed by atoms with van der Waals surface area (Å²) in [6, 6.07) is 6.32. The Morgan fingerprint density at radius 3 is 2.86 bits per heavy atom. The van der Waals surface area contributed by atoms with Crippen molar-refractivity contribution in [3.63, 3.8) is 0 Å². The van der Waals surface area contributed by atoms with Crippen molar-refractivity contribution in [3.05, 3.63) is 46.9 Å². The molecule has 2 rings (SSSR count). The van der Waals surface area contributed by atoms with Crippen molar-refractivity contribution in [1.29, 1.82) is 0 Å². The second-order valence-electron chi connectivity index (χ2n) is 4.67. The van der Waals surface area contributed by atoms with Gasteiger partial charge in [0.05, 0.1) is 11.3 Å². The first-order chi connectivity index (χ1) is 10.1. The number of hydrogen-bond donors (Lipinski definition) is 1. The van der Waals surface area contributed by atoms with E-state index in [0.717, 1.165) is 10.6 Å². The van der Waals surface area contributed by atoms with Gasteiger partial charge in [-0.2, -0.15) is 4.37 Å². The predicted molar refractivity (Wildman–Crippen MR) is 83.2 cm³/mol. The van der Waals surface area contributed by atoms with Gasteiger partial charge in [-0.05, 0) is 43.1 Å². The van der Waals surface area contributed by atoms with Crippen molar-refractivity contribution in [3.8, 4) is 0 Å². The molecular weight excluding hydrogens is 289 g/mol. The highest BCUT2D eigenvalue weighted by atomic mass is 32.1. The van der Waals surface area contributed by atoms with E-state index >= 15 is 0 Å². The fourth-order valence-electron chi connectivity index (χ4n) is 2.13. The molecule has 0 aliphatic heterocycles. The molecule has 1 aromatic heterocycles. The molecule has 1 aromatic carbocycles. The van der Waals surface area contributed by atoms with Crippen molar-refractivity contribution >= 4 is 22.4 Å². The van der Waals surface area contributed by atoms with Gasteiger partial charge in [-0.25, -0.2) is 4.39 Å². The summed E-state index contributed by atoms with van der Waals surface area (Å²) >= 11 is 1.27. The Hall–Kier alpha value is -1.95. The van der Waals surface area contributed by atoms with Crippen molar-refractivity contribution in [2.24, 2.45) is 0 Å². The molecule has 0 radical (unpaired) electrons. The van der Waals surface area contributed by atoms with Crippen LogP contribution in [0.2, 0.25) is 0 Å². The molecule has 0 fully saturated rings. The average molecular weight is 307 g/mol. The summed E-state index contributed by atoms with van der Waals surface area (Å²) in [6.07, 6.45) is 0. The third kappa shape index (κ3) is 3.39. The number of amides is 1. The fraction of sp³-hybridized carbons (Fsp3) is 0.333. The number of rotatable bonds is 5. The van der Waals surface area contributed by atoms with Gasteiger partial charge in [0, 0.05) is 20.1 Å². The lowest BCUT2D eigenvalue weighted by Gasteiger charge is -2.21. The van der Waals surface area contributed by atoms with Crippen LogP contribution in [0.15, 0.2) is 24.3 Å². The zero-order valence-corrected chi connectivity index (χ0v) is 13.1. The van der Waals surface area contributed by atoms with Gasteiger partial charge in [0.15, 0.2) is 0 Å². The number of carbonyl (C=O) groups excluding carboxylic acids is 1. The van der Waals surface area contributed by atoms with Crippen LogP contribution in [0.3, 0.4) is 0 Å². The maximum atomic E-state index is 13.3. The lowest BCUT2D eigenvalue weighted by atomic mass is 10.1. The molecule has 0 saturated carbocycles. The maximum absolute atomic E-state index is 13.3. The number of aryl methyl sites for hydroxylation is 1. The molecule has 6 heteroatoms. The minimum absolute atomic E-state index is 0.0858. The van der Waals surface area contributed by atoms with E-state index in [1.165, 1.54) is 23.7 Å². The van der Waals surface area contributed by atoms with E-state index in [4.69, 9.17) is 0 Å². The molecule has 0 spiro atoms. The molecule has 4 nitrogen and oxygen atoms in total. The number of nitrogens with zero attached hydrogens (tertiary/aromatic N) is 2. The van der Waals surface area contributed by atoms with Crippen LogP contribution in [0, 0.1) is 12.7 Å². The lowest BCUT2D eigenvalue weighted by molar-refractivity contribution is 0.0753. The van der Waals surface area contributed by atoms with E-state index in [1.807, 2.05) is 19.9 Å². The van der Waals surface area contributed by atoms with Crippen molar-refractivity contribution in [2.75, 3.05) is 18.9 Å². The fourth-order valence-corrected chi connectivity index (χ4v) is 2.87. The zero-order chi connectivity index (χ0) is 15.4. The summed E-state index contributed by atoms with van der Waals surface area (Å²) in [5, 5.41) is 3.76. The summed E-state index contributed by atoms with van der Waals surface area (Å²) in [7, 11) is 1.77. The lowest BCUT2D eigenvalue weighted by Crippen LogP contribution is -2.31. The molecule has 0 aliphatic rings. The summed E-state index contributed by atoms with van der Waals surface area (Å²) < 4.78 is 17.5. The van der Waals surface area contributed by atoms with E-state index in [0.29, 0.717) is 24.3 Å². The number of aromatic nitrogens is 1. The third-order valence-corrected chi connectivity index (χ3v) is 4.19. The minimum atomic E-state index is -0.291. The van der Waals surface area contributed by atoms with Gasteiger partial charge < -0.3 is 10.2 Å². The zero-order valence-electron chi connectivity index (χ0n) is 12.3. The topological polar surface area (TPSA) is 45.2 Å². The van der Waals surface area contributed by atoms with Crippen molar-refractivity contribution < 1.29 is 9.18 Å². The van der Waals surface area contributed by atoms with Gasteiger partial charge in [-0.15, -0.1) is 0 Å². The number of benzene rings is 1. The van der Waals surface area contributed by atoms with Crippen LogP contribution < -0.4 is 5.32 Å². The van der Waals surface area contributed by atoms with Gasteiger partial charge in [0.2, 0.25) is 0 Å². The molecule has 0 bridgehead atoms. The van der Waals surface area contributed by atoms with E-state index in [1.54, 1.807) is 18.0 Å². The number of anilines is 1. The summed E-state index contributed by atoms with van der Waals surface area (Å²) in [4.78, 5) is 14.4. The monoisotopic (exact) mass is 307 g/mol. The van der Waals surface area contributed by atoms with Gasteiger partial charge >= 0.3 is 0 Å². The molecule has 112 valence electrons. The Bertz CT molecular complexity index is 642. The SMILES string of the molecule is CCN(Cc1cccc(F)c1)C(=O)c1c(C)nsc1NC. The predicted octanol–water partition coefficient (Wildman–Crippen LogP) is 3.29. The standard InChI is InChI=1S/C15H18FN3OS/c1-4-19(9-11-6-5-7-12(16)8-11)15(20)13-10(2)18-21-14(13)17-3/h5-8,17H,4,9H2,1-3H3. The van der Waals surface area contributed by atoms with E-state index < -0.39 is 0 Å². The smallest absolute Gasteiger partial charge is 0.259 e. The van der Waals surface area contributed by atoms with Crippen LogP contribution in [-0.2, 0) is 6.54 Å². The van der Waals surface area contributed by atoms with E-state index in [-0.39, 0.29) is 11.7 Å². The Kier molecular flexibility index (Phi) is 4.90. The summed E-state index contributed by atoms with van der Waals surface area (Å²) in [5.41, 5.74) is 2.09. The molecule has 0 saturated heterocycles. The molecule has 0 aliphatic carbocycles. The minimum Gasteiger partial charge on any atom is -0.378 e. The number of carbonyl (C=O) groups is 1. The van der Waals surface area contributed by atoms with Crippen LogP contribution >= 0.6 is 11.5 Å². The van der Waals surface area contributed by atoms with Gasteiger partial charge in [0.25, 0.3) is 5.91 Å². The first kappa shape index (κ1) is 15.4. The third-order valence-electron chi connectivity index (χ3n) is 3.24. The largest absolute Gasteiger partial charge is 0.378 e. The molecule has 21 heavy (non-hydrogen) atoms. The Balaban J connectivity index is 2.24. The van der Waals surface area contributed by atoms with E-state index in [2.05, 4.69) is 9.69 Å². The Labute approximate surface area is 127 Å². The highest BCUT2D eigenvalue weighted by molar-refractivity contribution is 7.10. The molecular formula is C15H18FN3OS. The molecule has 2 aromatic rings. The van der Waals surface area contributed by atoms with Crippen molar-refractivity contribution in [2.45, 2.75) is 20.4 Å². The van der Waals surface area contributed by atoms with Crippen LogP contribution in [0.4, 0.5) is 9.39 Å². The number of hydrogen-bond acceptors (Lipinski definition) is 4. The second-order valence-corrected chi connectivity index (χ2v) is 5.44. The normalized spacial score (nSPS) is 10.5. The van der Waals surface area contributed by atoms with Gasteiger partial charge in [-0.1, -0.05) is 12.1 Å². The Morgan fingerprint density at radius 1 is 1.48 bits per heavy atom. The molecule has 1 N–H and O–H groups in total. The second kappa shape index (κ2) is 6.67. The molecule has 1 amide bonds. The van der Waals surface area contributed by atoms with Gasteiger partial charge in [0.1, 0.15) is 10.8 Å². The Morgan fingerprint density at radius 2 is 2.24 bits per heavy atom. The first-order valence-corrected chi connectivity index (χ1v) is 7.51.